The van der Waals surface area contributed by atoms with Crippen LogP contribution in [0.1, 0.15) is 35.4 Å². The maximum atomic E-state index is 12.8. The highest BCUT2D eigenvalue weighted by atomic mass is 16.3. The van der Waals surface area contributed by atoms with Crippen LogP contribution in [0.4, 0.5) is 0 Å². The quantitative estimate of drug-likeness (QED) is 0.841. The molecule has 2 aromatic rings. The highest BCUT2D eigenvalue weighted by Crippen LogP contribution is 2.21. The number of rotatable bonds is 5. The molecular formula is C20H24N2O3. The molecule has 0 bridgehead atoms. The number of likely N-dealkylation sites (tertiary alicyclic amines) is 1. The first-order chi connectivity index (χ1) is 12.1. The number of furan rings is 1. The lowest BCUT2D eigenvalue weighted by molar-refractivity contribution is -0.135. The SMILES string of the molecule is CN(CC(=O)N1CCCC[C@H]1Cc1ccccc1)C(=O)c1ccco1. The van der Waals surface area contributed by atoms with Crippen LogP contribution in [0, 0.1) is 0 Å². The van der Waals surface area contributed by atoms with E-state index in [4.69, 9.17) is 4.42 Å². The molecule has 0 spiro atoms. The summed E-state index contributed by atoms with van der Waals surface area (Å²) in [6.07, 6.45) is 5.50. The molecule has 1 saturated heterocycles. The van der Waals surface area contributed by atoms with Gasteiger partial charge in [0.15, 0.2) is 5.76 Å². The summed E-state index contributed by atoms with van der Waals surface area (Å²) in [5.74, 6) is -0.00668. The van der Waals surface area contributed by atoms with Crippen molar-refractivity contribution in [1.82, 2.24) is 9.80 Å². The van der Waals surface area contributed by atoms with Gasteiger partial charge in [-0.3, -0.25) is 9.59 Å². The molecule has 1 aliphatic rings. The van der Waals surface area contributed by atoms with Crippen LogP contribution >= 0.6 is 0 Å². The Morgan fingerprint density at radius 3 is 2.68 bits per heavy atom. The first-order valence-corrected chi connectivity index (χ1v) is 8.77. The average Bonchev–Trinajstić information content (AvgIpc) is 3.17. The number of piperidine rings is 1. The molecule has 0 saturated carbocycles. The van der Waals surface area contributed by atoms with E-state index < -0.39 is 0 Å². The lowest BCUT2D eigenvalue weighted by Gasteiger charge is -2.37. The molecule has 5 heteroatoms. The van der Waals surface area contributed by atoms with Gasteiger partial charge in [0, 0.05) is 19.6 Å². The van der Waals surface area contributed by atoms with Gasteiger partial charge < -0.3 is 14.2 Å². The predicted octanol–water partition coefficient (Wildman–Crippen LogP) is 2.98. The predicted molar refractivity (Wildman–Crippen MR) is 95.2 cm³/mol. The number of carbonyl (C=O) groups excluding carboxylic acids is 2. The summed E-state index contributed by atoms with van der Waals surface area (Å²) in [4.78, 5) is 28.4. The van der Waals surface area contributed by atoms with Crippen LogP contribution in [-0.2, 0) is 11.2 Å². The van der Waals surface area contributed by atoms with Gasteiger partial charge in [-0.05, 0) is 43.4 Å². The zero-order valence-electron chi connectivity index (χ0n) is 14.6. The van der Waals surface area contributed by atoms with Gasteiger partial charge in [-0.2, -0.15) is 0 Å². The first-order valence-electron chi connectivity index (χ1n) is 8.77. The third-order valence-corrected chi connectivity index (χ3v) is 4.71. The third-order valence-electron chi connectivity index (χ3n) is 4.71. The molecule has 1 aliphatic heterocycles. The summed E-state index contributed by atoms with van der Waals surface area (Å²) >= 11 is 0. The van der Waals surface area contributed by atoms with Gasteiger partial charge in [0.2, 0.25) is 5.91 Å². The van der Waals surface area contributed by atoms with Crippen molar-refractivity contribution >= 4 is 11.8 Å². The molecule has 2 heterocycles. The van der Waals surface area contributed by atoms with Crippen LogP contribution in [-0.4, -0.2) is 47.8 Å². The average molecular weight is 340 g/mol. The number of hydrogen-bond acceptors (Lipinski definition) is 3. The third kappa shape index (κ3) is 4.29. The van der Waals surface area contributed by atoms with Crippen LogP contribution in [0.2, 0.25) is 0 Å². The molecule has 2 amide bonds. The summed E-state index contributed by atoms with van der Waals surface area (Å²) in [5, 5.41) is 0. The molecule has 0 aliphatic carbocycles. The highest BCUT2D eigenvalue weighted by molar-refractivity contribution is 5.94. The molecule has 0 unspecified atom stereocenters. The normalized spacial score (nSPS) is 17.3. The number of nitrogens with zero attached hydrogens (tertiary/aromatic N) is 2. The topological polar surface area (TPSA) is 53.8 Å². The van der Waals surface area contributed by atoms with Crippen LogP contribution in [0.3, 0.4) is 0 Å². The standard InChI is InChI=1S/C20H24N2O3/c1-21(20(24)18-11-7-13-25-18)15-19(23)22-12-6-5-10-17(22)14-16-8-3-2-4-9-16/h2-4,7-9,11,13,17H,5-6,10,12,14-15H2,1H3/t17-/m0/s1. The Hall–Kier alpha value is -2.56. The fourth-order valence-electron chi connectivity index (χ4n) is 3.38. The lowest BCUT2D eigenvalue weighted by Crippen LogP contribution is -2.49. The maximum absolute atomic E-state index is 12.8. The monoisotopic (exact) mass is 340 g/mol. The van der Waals surface area contributed by atoms with Crippen molar-refractivity contribution < 1.29 is 14.0 Å². The van der Waals surface area contributed by atoms with Crippen molar-refractivity contribution in [1.29, 1.82) is 0 Å². The Morgan fingerprint density at radius 1 is 1.16 bits per heavy atom. The number of hydrogen-bond donors (Lipinski definition) is 0. The van der Waals surface area contributed by atoms with Gasteiger partial charge in [0.1, 0.15) is 0 Å². The van der Waals surface area contributed by atoms with E-state index in [1.54, 1.807) is 19.2 Å². The van der Waals surface area contributed by atoms with Crippen molar-refractivity contribution in [3.05, 3.63) is 60.1 Å². The molecular weight excluding hydrogens is 316 g/mol. The minimum absolute atomic E-state index is 0.00281. The molecule has 5 nitrogen and oxygen atoms in total. The molecule has 0 radical (unpaired) electrons. The summed E-state index contributed by atoms with van der Waals surface area (Å²) in [7, 11) is 1.64. The molecule has 0 N–H and O–H groups in total. The van der Waals surface area contributed by atoms with Gasteiger partial charge >= 0.3 is 0 Å². The minimum Gasteiger partial charge on any atom is -0.459 e. The minimum atomic E-state index is -0.269. The fraction of sp³-hybridized carbons (Fsp3) is 0.400. The zero-order valence-corrected chi connectivity index (χ0v) is 14.6. The first kappa shape index (κ1) is 17.3. The Labute approximate surface area is 148 Å². The molecule has 1 atom stereocenters. The van der Waals surface area contributed by atoms with Crippen molar-refractivity contribution in [2.75, 3.05) is 20.1 Å². The summed E-state index contributed by atoms with van der Waals surface area (Å²) in [6.45, 7) is 0.837. The van der Waals surface area contributed by atoms with Crippen LogP contribution < -0.4 is 0 Å². The Morgan fingerprint density at radius 2 is 1.96 bits per heavy atom. The number of amides is 2. The molecule has 3 rings (SSSR count). The van der Waals surface area contributed by atoms with Gasteiger partial charge in [-0.15, -0.1) is 0 Å². The van der Waals surface area contributed by atoms with Gasteiger partial charge in [-0.1, -0.05) is 30.3 Å². The van der Waals surface area contributed by atoms with Gasteiger partial charge in [0.25, 0.3) is 5.91 Å². The summed E-state index contributed by atoms with van der Waals surface area (Å²) < 4.78 is 5.13. The lowest BCUT2D eigenvalue weighted by atomic mass is 9.95. The van der Waals surface area contributed by atoms with E-state index in [0.717, 1.165) is 32.2 Å². The van der Waals surface area contributed by atoms with E-state index in [0.29, 0.717) is 0 Å². The zero-order chi connectivity index (χ0) is 17.6. The summed E-state index contributed by atoms with van der Waals surface area (Å²) in [6, 6.07) is 13.7. The van der Waals surface area contributed by atoms with E-state index in [1.165, 1.54) is 16.7 Å². The van der Waals surface area contributed by atoms with E-state index in [2.05, 4.69) is 12.1 Å². The molecule has 1 aromatic heterocycles. The van der Waals surface area contributed by atoms with Gasteiger partial charge in [-0.25, -0.2) is 0 Å². The molecule has 132 valence electrons. The second-order valence-electron chi connectivity index (χ2n) is 6.56. The molecule has 1 fully saturated rings. The van der Waals surface area contributed by atoms with Gasteiger partial charge in [0.05, 0.1) is 12.8 Å². The van der Waals surface area contributed by atoms with E-state index in [-0.39, 0.29) is 30.2 Å². The Bertz CT molecular complexity index is 697. The number of carbonyl (C=O) groups is 2. The number of likely N-dealkylation sites (N-methyl/N-ethyl adjacent to an activating group) is 1. The molecule has 25 heavy (non-hydrogen) atoms. The largest absolute Gasteiger partial charge is 0.459 e. The fourth-order valence-corrected chi connectivity index (χ4v) is 3.38. The second kappa shape index (κ2) is 8.01. The maximum Gasteiger partial charge on any atom is 0.289 e. The number of benzene rings is 1. The van der Waals surface area contributed by atoms with E-state index in [1.807, 2.05) is 23.1 Å². The second-order valence-corrected chi connectivity index (χ2v) is 6.56. The highest BCUT2D eigenvalue weighted by Gasteiger charge is 2.28. The van der Waals surface area contributed by atoms with Crippen LogP contribution in [0.25, 0.3) is 0 Å². The van der Waals surface area contributed by atoms with Crippen molar-refractivity contribution in [2.24, 2.45) is 0 Å². The van der Waals surface area contributed by atoms with Crippen LogP contribution in [0.15, 0.2) is 53.1 Å². The van der Waals surface area contributed by atoms with Crippen molar-refractivity contribution in [2.45, 2.75) is 31.7 Å². The Kier molecular flexibility index (Phi) is 5.53. The summed E-state index contributed by atoms with van der Waals surface area (Å²) in [5.41, 5.74) is 1.24. The van der Waals surface area contributed by atoms with Crippen molar-refractivity contribution in [3.63, 3.8) is 0 Å². The Balaban J connectivity index is 1.63. The smallest absolute Gasteiger partial charge is 0.289 e. The molecule has 1 aromatic carbocycles. The van der Waals surface area contributed by atoms with Crippen LogP contribution in [0.5, 0.6) is 0 Å². The van der Waals surface area contributed by atoms with E-state index in [9.17, 15) is 9.59 Å². The van der Waals surface area contributed by atoms with E-state index >= 15 is 0 Å². The van der Waals surface area contributed by atoms with Crippen molar-refractivity contribution in [3.8, 4) is 0 Å².